The number of hydrogen-bond donors (Lipinski definition) is 1. The normalized spacial score (nSPS) is 12.4. The average Bonchev–Trinajstić information content (AvgIpc) is 2.54. The highest BCUT2D eigenvalue weighted by Crippen LogP contribution is 2.22. The van der Waals surface area contributed by atoms with E-state index in [1.165, 1.54) is 0 Å². The topological polar surface area (TPSA) is 106 Å². The molecular formula is C16H15ClN2O5S. The average molecular weight is 383 g/mol. The molecule has 0 fully saturated rings. The maximum absolute atomic E-state index is 12.4. The lowest BCUT2D eigenvalue weighted by Gasteiger charge is -2.15. The molecule has 1 atom stereocenters. The van der Waals surface area contributed by atoms with Crippen molar-refractivity contribution < 1.29 is 18.1 Å². The fourth-order valence-electron chi connectivity index (χ4n) is 2.15. The van der Waals surface area contributed by atoms with Crippen molar-refractivity contribution in [3.05, 3.63) is 68.7 Å². The molecule has 0 aromatic heterocycles. The number of rotatable bonds is 5. The van der Waals surface area contributed by atoms with Gasteiger partial charge in [0, 0.05) is 29.0 Å². The number of nitrogens with zero attached hydrogens (tertiary/aromatic N) is 1. The second-order valence-corrected chi connectivity index (χ2v) is 7.94. The van der Waals surface area contributed by atoms with E-state index in [0.29, 0.717) is 5.02 Å². The summed E-state index contributed by atoms with van der Waals surface area (Å²) in [5.41, 5.74) is 0.217. The zero-order valence-corrected chi connectivity index (χ0v) is 15.0. The van der Waals surface area contributed by atoms with Crippen molar-refractivity contribution in [3.8, 4) is 0 Å². The number of carbonyl (C=O) groups excluding carboxylic acids is 1. The third kappa shape index (κ3) is 4.77. The number of nitrogens with one attached hydrogen (secondary N) is 1. The summed E-state index contributed by atoms with van der Waals surface area (Å²) in [5, 5.41) is 14.2. The van der Waals surface area contributed by atoms with Crippen molar-refractivity contribution in [2.45, 2.75) is 17.9 Å². The molecule has 0 aliphatic heterocycles. The van der Waals surface area contributed by atoms with Gasteiger partial charge in [-0.3, -0.25) is 14.9 Å². The second kappa shape index (κ2) is 7.20. The zero-order valence-electron chi connectivity index (χ0n) is 13.4. The van der Waals surface area contributed by atoms with E-state index in [-0.39, 0.29) is 10.5 Å². The highest BCUT2D eigenvalue weighted by molar-refractivity contribution is 7.90. The van der Waals surface area contributed by atoms with Gasteiger partial charge in [0.05, 0.1) is 15.9 Å². The van der Waals surface area contributed by atoms with E-state index < -0.39 is 32.4 Å². The Balaban J connectivity index is 2.33. The maximum atomic E-state index is 12.4. The van der Waals surface area contributed by atoms with Crippen LogP contribution in [0.1, 0.15) is 28.9 Å². The van der Waals surface area contributed by atoms with Crippen molar-refractivity contribution in [1.82, 2.24) is 5.32 Å². The quantitative estimate of drug-likeness (QED) is 0.631. The molecule has 0 aliphatic carbocycles. The summed E-state index contributed by atoms with van der Waals surface area (Å²) in [5.74, 6) is -0.615. The molecule has 0 aliphatic rings. The number of hydrogen-bond acceptors (Lipinski definition) is 5. The minimum Gasteiger partial charge on any atom is -0.346 e. The Morgan fingerprint density at radius 3 is 2.32 bits per heavy atom. The van der Waals surface area contributed by atoms with Gasteiger partial charge < -0.3 is 5.32 Å². The van der Waals surface area contributed by atoms with Gasteiger partial charge in [-0.15, -0.1) is 0 Å². The summed E-state index contributed by atoms with van der Waals surface area (Å²) in [6.45, 7) is 1.73. The van der Waals surface area contributed by atoms with Crippen LogP contribution in [-0.2, 0) is 9.84 Å². The van der Waals surface area contributed by atoms with E-state index in [2.05, 4.69) is 5.32 Å². The zero-order chi connectivity index (χ0) is 18.8. The summed E-state index contributed by atoms with van der Waals surface area (Å²) < 4.78 is 23.4. The van der Waals surface area contributed by atoms with Gasteiger partial charge in [-0.25, -0.2) is 8.42 Å². The molecular weight excluding hydrogens is 368 g/mol. The van der Waals surface area contributed by atoms with Gasteiger partial charge in [0.2, 0.25) is 0 Å². The molecule has 1 amide bonds. The highest BCUT2D eigenvalue weighted by Gasteiger charge is 2.20. The largest absolute Gasteiger partial charge is 0.346 e. The maximum Gasteiger partial charge on any atom is 0.271 e. The highest BCUT2D eigenvalue weighted by atomic mass is 35.5. The lowest BCUT2D eigenvalue weighted by molar-refractivity contribution is -0.385. The molecule has 2 aromatic rings. The number of carbonyl (C=O) groups is 1. The van der Waals surface area contributed by atoms with E-state index in [9.17, 15) is 23.3 Å². The predicted molar refractivity (Wildman–Crippen MR) is 93.5 cm³/mol. The van der Waals surface area contributed by atoms with Crippen LogP contribution in [0, 0.1) is 10.1 Å². The van der Waals surface area contributed by atoms with Crippen LogP contribution in [0.3, 0.4) is 0 Å². The van der Waals surface area contributed by atoms with Crippen molar-refractivity contribution in [2.75, 3.05) is 6.26 Å². The van der Waals surface area contributed by atoms with Crippen molar-refractivity contribution in [1.29, 1.82) is 0 Å². The van der Waals surface area contributed by atoms with Gasteiger partial charge in [-0.1, -0.05) is 23.7 Å². The molecule has 25 heavy (non-hydrogen) atoms. The van der Waals surface area contributed by atoms with Gasteiger partial charge in [0.1, 0.15) is 0 Å². The van der Waals surface area contributed by atoms with Crippen LogP contribution in [0.15, 0.2) is 47.4 Å². The SMILES string of the molecule is CC(NC(=O)c1cc([N+](=O)[O-])cc(S(C)(=O)=O)c1)c1ccc(Cl)cc1. The summed E-state index contributed by atoms with van der Waals surface area (Å²) in [6, 6.07) is 9.51. The second-order valence-electron chi connectivity index (χ2n) is 5.49. The van der Waals surface area contributed by atoms with Crippen LogP contribution in [0.2, 0.25) is 5.02 Å². The van der Waals surface area contributed by atoms with Crippen LogP contribution >= 0.6 is 11.6 Å². The van der Waals surface area contributed by atoms with E-state index in [0.717, 1.165) is 30.0 Å². The van der Waals surface area contributed by atoms with Gasteiger partial charge in [-0.05, 0) is 30.7 Å². The smallest absolute Gasteiger partial charge is 0.271 e. The molecule has 0 saturated carbocycles. The third-order valence-corrected chi connectivity index (χ3v) is 4.85. The number of halogens is 1. The Labute approximate surface area is 149 Å². The predicted octanol–water partition coefficient (Wildman–Crippen LogP) is 3.14. The Morgan fingerprint density at radius 1 is 1.20 bits per heavy atom. The molecule has 9 heteroatoms. The van der Waals surface area contributed by atoms with Crippen LogP contribution in [0.25, 0.3) is 0 Å². The molecule has 1 unspecified atom stereocenters. The lowest BCUT2D eigenvalue weighted by Crippen LogP contribution is -2.26. The van der Waals surface area contributed by atoms with Gasteiger partial charge in [0.25, 0.3) is 11.6 Å². The molecule has 0 spiro atoms. The van der Waals surface area contributed by atoms with Crippen LogP contribution in [0.4, 0.5) is 5.69 Å². The Kier molecular flexibility index (Phi) is 5.44. The number of benzene rings is 2. The number of non-ortho nitro benzene ring substituents is 1. The first kappa shape index (κ1) is 18.9. The Hall–Kier alpha value is -2.45. The summed E-state index contributed by atoms with van der Waals surface area (Å²) in [7, 11) is -3.70. The first-order chi connectivity index (χ1) is 11.6. The number of nitro groups is 1. The van der Waals surface area contributed by atoms with Crippen molar-refractivity contribution >= 4 is 33.0 Å². The molecule has 0 saturated heterocycles. The van der Waals surface area contributed by atoms with Gasteiger partial charge >= 0.3 is 0 Å². The first-order valence-corrected chi connectivity index (χ1v) is 9.41. The molecule has 132 valence electrons. The lowest BCUT2D eigenvalue weighted by atomic mass is 10.1. The van der Waals surface area contributed by atoms with E-state index in [1.54, 1.807) is 31.2 Å². The monoisotopic (exact) mass is 382 g/mol. The third-order valence-electron chi connectivity index (χ3n) is 3.51. The van der Waals surface area contributed by atoms with E-state index >= 15 is 0 Å². The molecule has 2 aromatic carbocycles. The summed E-state index contributed by atoms with van der Waals surface area (Å²) >= 11 is 5.82. The van der Waals surface area contributed by atoms with Crippen LogP contribution in [0.5, 0.6) is 0 Å². The summed E-state index contributed by atoms with van der Waals surface area (Å²) in [4.78, 5) is 22.4. The fourth-order valence-corrected chi connectivity index (χ4v) is 2.95. The molecule has 0 radical (unpaired) electrons. The minimum atomic E-state index is -3.70. The molecule has 2 rings (SSSR count). The van der Waals surface area contributed by atoms with Crippen molar-refractivity contribution in [2.24, 2.45) is 0 Å². The van der Waals surface area contributed by atoms with E-state index in [4.69, 9.17) is 11.6 Å². The van der Waals surface area contributed by atoms with E-state index in [1.807, 2.05) is 0 Å². The number of nitro benzene ring substituents is 1. The molecule has 0 heterocycles. The minimum absolute atomic E-state index is 0.101. The standard InChI is InChI=1S/C16H15ClN2O5S/c1-10(11-3-5-13(17)6-4-11)18-16(20)12-7-14(19(21)22)9-15(8-12)25(2,23)24/h3-10H,1-2H3,(H,18,20). The van der Waals surface area contributed by atoms with Gasteiger partial charge in [0.15, 0.2) is 9.84 Å². The van der Waals surface area contributed by atoms with Gasteiger partial charge in [-0.2, -0.15) is 0 Å². The van der Waals surface area contributed by atoms with Crippen LogP contribution in [-0.4, -0.2) is 25.5 Å². The molecule has 0 bridgehead atoms. The number of amides is 1. The summed E-state index contributed by atoms with van der Waals surface area (Å²) in [6.07, 6.45) is 0.921. The molecule has 1 N–H and O–H groups in total. The molecule has 7 nitrogen and oxygen atoms in total. The first-order valence-electron chi connectivity index (χ1n) is 7.14. The Bertz CT molecular complexity index is 926. The van der Waals surface area contributed by atoms with Crippen molar-refractivity contribution in [3.63, 3.8) is 0 Å². The van der Waals surface area contributed by atoms with Crippen LogP contribution < -0.4 is 5.32 Å². The number of sulfone groups is 1. The fraction of sp³-hybridized carbons (Fsp3) is 0.188. The Morgan fingerprint density at radius 2 is 1.80 bits per heavy atom.